The molecule has 0 bridgehead atoms. The summed E-state index contributed by atoms with van der Waals surface area (Å²) in [6.07, 6.45) is 7.56. The molecule has 5 aromatic rings. The lowest BCUT2D eigenvalue weighted by Crippen LogP contribution is -2.12. The summed E-state index contributed by atoms with van der Waals surface area (Å²) < 4.78 is 8.46. The summed E-state index contributed by atoms with van der Waals surface area (Å²) >= 11 is 12.2. The van der Waals surface area contributed by atoms with Crippen LogP contribution in [0.4, 0.5) is 5.82 Å². The van der Waals surface area contributed by atoms with E-state index in [1.165, 1.54) is 11.9 Å². The average Bonchev–Trinajstić information content (AvgIpc) is 3.55. The van der Waals surface area contributed by atoms with E-state index in [0.29, 0.717) is 11.7 Å². The lowest BCUT2D eigenvalue weighted by atomic mass is 10.0. The molecular weight excluding hydrogens is 493 g/mol. The first-order chi connectivity index (χ1) is 17.6. The van der Waals surface area contributed by atoms with Crippen molar-refractivity contribution in [1.29, 1.82) is 0 Å². The number of aromatic nitrogens is 4. The molecule has 36 heavy (non-hydrogen) atoms. The van der Waals surface area contributed by atoms with E-state index >= 15 is 0 Å². The number of nitrogens with one attached hydrogen (secondary N) is 1. The average molecular weight is 518 g/mol. The van der Waals surface area contributed by atoms with Crippen molar-refractivity contribution < 1.29 is 4.74 Å². The molecule has 182 valence electrons. The SMILES string of the molecule is Clc1ccc(CNc2ccc3ccc(CC[C@@H]4CC[C@H](n5ccc6c(Cl)ncnc65)O4)cc3n2)cc1. The third kappa shape index (κ3) is 4.89. The fraction of sp³-hybridized carbons (Fsp3) is 0.250. The topological polar surface area (TPSA) is 64.9 Å². The zero-order valence-corrected chi connectivity index (χ0v) is 21.1. The van der Waals surface area contributed by atoms with Gasteiger partial charge in [0.2, 0.25) is 0 Å². The lowest BCUT2D eigenvalue weighted by molar-refractivity contribution is 0.00120. The van der Waals surface area contributed by atoms with Crippen molar-refractivity contribution in [1.82, 2.24) is 19.5 Å². The largest absolute Gasteiger partial charge is 0.366 e. The summed E-state index contributed by atoms with van der Waals surface area (Å²) in [7, 11) is 0. The highest BCUT2D eigenvalue weighted by atomic mass is 35.5. The van der Waals surface area contributed by atoms with Crippen molar-refractivity contribution in [3.05, 3.63) is 94.5 Å². The minimum atomic E-state index is -0.0222. The van der Waals surface area contributed by atoms with Crippen molar-refractivity contribution in [2.24, 2.45) is 0 Å². The van der Waals surface area contributed by atoms with Crippen LogP contribution in [0.15, 0.2) is 73.2 Å². The first kappa shape index (κ1) is 23.2. The summed E-state index contributed by atoms with van der Waals surface area (Å²) in [6, 6.07) is 20.5. The van der Waals surface area contributed by atoms with Gasteiger partial charge in [-0.1, -0.05) is 47.5 Å². The molecular formula is C28H25Cl2N5O. The number of anilines is 1. The van der Waals surface area contributed by atoms with Gasteiger partial charge in [-0.25, -0.2) is 15.0 Å². The van der Waals surface area contributed by atoms with Gasteiger partial charge in [0.05, 0.1) is 17.0 Å². The molecule has 2 aromatic carbocycles. The van der Waals surface area contributed by atoms with Crippen molar-refractivity contribution in [2.45, 2.75) is 44.6 Å². The third-order valence-corrected chi connectivity index (χ3v) is 7.31. The number of ether oxygens (including phenoxy) is 1. The maximum atomic E-state index is 6.39. The summed E-state index contributed by atoms with van der Waals surface area (Å²) in [4.78, 5) is 13.3. The van der Waals surface area contributed by atoms with Gasteiger partial charge < -0.3 is 14.6 Å². The normalized spacial score (nSPS) is 17.7. The van der Waals surface area contributed by atoms with Gasteiger partial charge in [0.15, 0.2) is 0 Å². The van der Waals surface area contributed by atoms with Gasteiger partial charge in [-0.2, -0.15) is 0 Å². The molecule has 0 aliphatic carbocycles. The van der Waals surface area contributed by atoms with E-state index in [1.807, 2.05) is 42.6 Å². The van der Waals surface area contributed by atoms with E-state index in [0.717, 1.165) is 64.0 Å². The summed E-state index contributed by atoms with van der Waals surface area (Å²) in [5, 5.41) is 6.62. The maximum absolute atomic E-state index is 6.39. The van der Waals surface area contributed by atoms with E-state index in [1.54, 1.807) is 0 Å². The van der Waals surface area contributed by atoms with Crippen molar-refractivity contribution in [3.63, 3.8) is 0 Å². The van der Waals surface area contributed by atoms with Gasteiger partial charge >= 0.3 is 0 Å². The number of hydrogen-bond donors (Lipinski definition) is 1. The molecule has 0 saturated carbocycles. The molecule has 1 saturated heterocycles. The Labute approximate surface area is 219 Å². The minimum absolute atomic E-state index is 0.0222. The van der Waals surface area contributed by atoms with Gasteiger partial charge in [-0.15, -0.1) is 0 Å². The highest BCUT2D eigenvalue weighted by molar-refractivity contribution is 6.33. The minimum Gasteiger partial charge on any atom is -0.366 e. The number of aryl methyl sites for hydroxylation is 1. The number of nitrogens with zero attached hydrogens (tertiary/aromatic N) is 4. The monoisotopic (exact) mass is 517 g/mol. The number of rotatable bonds is 7. The standard InChI is InChI=1S/C28H25Cl2N5O/c29-21-7-2-19(3-8-21)16-31-25-11-6-20-5-1-18(15-24(20)34-25)4-9-22-10-12-26(36-22)35-14-13-23-27(30)32-17-33-28(23)35/h1-3,5-8,11,13-15,17,22,26H,4,9-10,12,16H2,(H,31,34)/t22-,26-/m1/s1. The highest BCUT2D eigenvalue weighted by Crippen LogP contribution is 2.34. The van der Waals surface area contributed by atoms with Crippen LogP contribution in [0.25, 0.3) is 21.9 Å². The first-order valence-corrected chi connectivity index (χ1v) is 12.9. The predicted octanol–water partition coefficient (Wildman–Crippen LogP) is 7.21. The molecule has 0 unspecified atom stereocenters. The van der Waals surface area contributed by atoms with E-state index < -0.39 is 0 Å². The van der Waals surface area contributed by atoms with Crippen LogP contribution in [0.1, 0.15) is 36.6 Å². The zero-order valence-electron chi connectivity index (χ0n) is 19.6. The Hall–Kier alpha value is -3.19. The van der Waals surface area contributed by atoms with Crippen molar-refractivity contribution in [3.8, 4) is 0 Å². The second-order valence-corrected chi connectivity index (χ2v) is 9.95. The van der Waals surface area contributed by atoms with Crippen molar-refractivity contribution >= 4 is 51.0 Å². The number of pyridine rings is 1. The molecule has 3 aromatic heterocycles. The third-order valence-electron chi connectivity index (χ3n) is 6.75. The molecule has 1 aliphatic rings. The van der Waals surface area contributed by atoms with Crippen LogP contribution in [0.3, 0.4) is 0 Å². The van der Waals surface area contributed by atoms with Crippen molar-refractivity contribution in [2.75, 3.05) is 5.32 Å². The molecule has 8 heteroatoms. The number of hydrogen-bond acceptors (Lipinski definition) is 5. The van der Waals surface area contributed by atoms with Gasteiger partial charge in [-0.05, 0) is 73.2 Å². The molecule has 1 fully saturated rings. The van der Waals surface area contributed by atoms with E-state index in [-0.39, 0.29) is 12.3 Å². The summed E-state index contributed by atoms with van der Waals surface area (Å²) in [6.45, 7) is 0.699. The Morgan fingerprint density at radius 1 is 0.944 bits per heavy atom. The Kier molecular flexibility index (Phi) is 6.48. The smallest absolute Gasteiger partial charge is 0.146 e. The van der Waals surface area contributed by atoms with Crippen LogP contribution in [-0.4, -0.2) is 25.6 Å². The van der Waals surface area contributed by atoms with Crippen LogP contribution >= 0.6 is 23.2 Å². The summed E-state index contributed by atoms with van der Waals surface area (Å²) in [5.41, 5.74) is 4.24. The van der Waals surface area contributed by atoms with Gasteiger partial charge in [0.1, 0.15) is 29.2 Å². The van der Waals surface area contributed by atoms with Gasteiger partial charge in [0.25, 0.3) is 0 Å². The number of halogens is 2. The van der Waals surface area contributed by atoms with E-state index in [9.17, 15) is 0 Å². The molecule has 4 heterocycles. The van der Waals surface area contributed by atoms with E-state index in [4.69, 9.17) is 32.9 Å². The number of benzene rings is 2. The van der Waals surface area contributed by atoms with Crippen LogP contribution in [0.2, 0.25) is 10.2 Å². The first-order valence-electron chi connectivity index (χ1n) is 12.1. The molecule has 0 spiro atoms. The molecule has 2 atom stereocenters. The lowest BCUT2D eigenvalue weighted by Gasteiger charge is -2.16. The predicted molar refractivity (Wildman–Crippen MR) is 145 cm³/mol. The second kappa shape index (κ2) is 10.1. The Bertz CT molecular complexity index is 1520. The van der Waals surface area contributed by atoms with Crippen LogP contribution in [-0.2, 0) is 17.7 Å². The van der Waals surface area contributed by atoms with E-state index in [2.05, 4.69) is 44.1 Å². The van der Waals surface area contributed by atoms with Gasteiger partial charge in [0, 0.05) is 23.2 Å². The van der Waals surface area contributed by atoms with Gasteiger partial charge in [-0.3, -0.25) is 0 Å². The fourth-order valence-electron chi connectivity index (χ4n) is 4.82. The molecule has 0 radical (unpaired) electrons. The quantitative estimate of drug-likeness (QED) is 0.231. The summed E-state index contributed by atoms with van der Waals surface area (Å²) in [5.74, 6) is 0.861. The number of fused-ring (bicyclic) bond motifs is 2. The zero-order chi connectivity index (χ0) is 24.5. The fourth-order valence-corrected chi connectivity index (χ4v) is 5.13. The Balaban J connectivity index is 1.09. The Morgan fingerprint density at radius 3 is 2.67 bits per heavy atom. The molecule has 0 amide bonds. The Morgan fingerprint density at radius 2 is 1.78 bits per heavy atom. The molecule has 6 nitrogen and oxygen atoms in total. The van der Waals surface area contributed by atoms with Crippen LogP contribution < -0.4 is 5.32 Å². The van der Waals surface area contributed by atoms with Crippen LogP contribution in [0, 0.1) is 0 Å². The van der Waals surface area contributed by atoms with Crippen LogP contribution in [0.5, 0.6) is 0 Å². The molecule has 1 aliphatic heterocycles. The second-order valence-electron chi connectivity index (χ2n) is 9.16. The maximum Gasteiger partial charge on any atom is 0.146 e. The molecule has 1 N–H and O–H groups in total. The highest BCUT2D eigenvalue weighted by Gasteiger charge is 2.27. The molecule has 6 rings (SSSR count).